The van der Waals surface area contributed by atoms with E-state index in [-0.39, 0.29) is 5.41 Å². The molecular weight excluding hydrogens is 206 g/mol. The van der Waals surface area contributed by atoms with Crippen LogP contribution in [0, 0.1) is 0 Å². The Balaban J connectivity index is 3.06. The highest BCUT2D eigenvalue weighted by molar-refractivity contribution is 7.99. The molecule has 1 aromatic heterocycles. The lowest BCUT2D eigenvalue weighted by atomic mass is 9.96. The van der Waals surface area contributed by atoms with E-state index in [4.69, 9.17) is 5.73 Å². The molecular formula is C11H19N3S. The van der Waals surface area contributed by atoms with Gasteiger partial charge in [-0.15, -0.1) is 11.8 Å². The van der Waals surface area contributed by atoms with Crippen molar-refractivity contribution in [1.82, 2.24) is 9.97 Å². The van der Waals surface area contributed by atoms with Crippen LogP contribution in [0.3, 0.4) is 0 Å². The predicted molar refractivity (Wildman–Crippen MR) is 66.1 cm³/mol. The summed E-state index contributed by atoms with van der Waals surface area (Å²) in [5.74, 6) is 1.36. The van der Waals surface area contributed by atoms with Crippen molar-refractivity contribution in [1.29, 1.82) is 0 Å². The molecule has 0 atom stereocenters. The van der Waals surface area contributed by atoms with Gasteiger partial charge < -0.3 is 5.73 Å². The van der Waals surface area contributed by atoms with Gasteiger partial charge in [0.1, 0.15) is 16.7 Å². The summed E-state index contributed by atoms with van der Waals surface area (Å²) in [4.78, 5) is 8.78. The fourth-order valence-corrected chi connectivity index (χ4v) is 1.89. The predicted octanol–water partition coefficient (Wildman–Crippen LogP) is 2.86. The molecule has 0 bridgehead atoms. The molecule has 0 radical (unpaired) electrons. The molecule has 4 heteroatoms. The number of aromatic nitrogens is 2. The summed E-state index contributed by atoms with van der Waals surface area (Å²) in [7, 11) is 0. The zero-order valence-electron chi connectivity index (χ0n) is 10.0. The molecule has 0 aliphatic heterocycles. The minimum absolute atomic E-state index is 0.0539. The molecule has 0 unspecified atom stereocenters. The number of rotatable bonds is 2. The summed E-state index contributed by atoms with van der Waals surface area (Å²) >= 11 is 1.71. The van der Waals surface area contributed by atoms with Crippen LogP contribution in [-0.4, -0.2) is 15.2 Å². The molecule has 0 spiro atoms. The van der Waals surface area contributed by atoms with Gasteiger partial charge >= 0.3 is 0 Å². The second-order valence-electron chi connectivity index (χ2n) is 4.87. The molecule has 1 aromatic rings. The number of hydrogen-bond donors (Lipinski definition) is 1. The minimum Gasteiger partial charge on any atom is -0.384 e. The molecule has 84 valence electrons. The van der Waals surface area contributed by atoms with E-state index in [0.717, 1.165) is 10.9 Å². The first-order valence-corrected chi connectivity index (χ1v) is 5.98. The van der Waals surface area contributed by atoms with Crippen molar-refractivity contribution >= 4 is 17.6 Å². The Bertz CT molecular complexity index is 342. The minimum atomic E-state index is -0.0539. The largest absolute Gasteiger partial charge is 0.384 e. The van der Waals surface area contributed by atoms with Crippen LogP contribution in [0.15, 0.2) is 11.1 Å². The third-order valence-corrected chi connectivity index (χ3v) is 2.67. The van der Waals surface area contributed by atoms with E-state index < -0.39 is 0 Å². The summed E-state index contributed by atoms with van der Waals surface area (Å²) in [5.41, 5.74) is 5.71. The van der Waals surface area contributed by atoms with Gasteiger partial charge in [-0.3, -0.25) is 0 Å². The van der Waals surface area contributed by atoms with E-state index in [2.05, 4.69) is 44.6 Å². The number of anilines is 1. The van der Waals surface area contributed by atoms with Gasteiger partial charge in [-0.1, -0.05) is 34.6 Å². The van der Waals surface area contributed by atoms with Crippen LogP contribution in [0.25, 0.3) is 0 Å². The Morgan fingerprint density at radius 1 is 1.27 bits per heavy atom. The van der Waals surface area contributed by atoms with Crippen molar-refractivity contribution in [2.45, 2.75) is 50.3 Å². The Hall–Kier alpha value is -0.770. The summed E-state index contributed by atoms with van der Waals surface area (Å²) in [6.07, 6.45) is 0. The molecule has 1 heterocycles. The quantitative estimate of drug-likeness (QED) is 0.621. The maximum Gasteiger partial charge on any atom is 0.137 e. The van der Waals surface area contributed by atoms with Gasteiger partial charge in [0.2, 0.25) is 0 Å². The first-order valence-electron chi connectivity index (χ1n) is 5.10. The molecule has 0 aliphatic rings. The molecule has 0 fully saturated rings. The zero-order chi connectivity index (χ0) is 11.6. The molecule has 0 aliphatic carbocycles. The zero-order valence-corrected chi connectivity index (χ0v) is 10.9. The summed E-state index contributed by atoms with van der Waals surface area (Å²) in [6, 6.07) is 1.83. The van der Waals surface area contributed by atoms with Crippen molar-refractivity contribution in [2.24, 2.45) is 0 Å². The third-order valence-electron chi connectivity index (χ3n) is 1.75. The van der Waals surface area contributed by atoms with Crippen molar-refractivity contribution in [3.63, 3.8) is 0 Å². The maximum atomic E-state index is 5.77. The first-order chi connectivity index (χ1) is 6.79. The Labute approximate surface area is 95.9 Å². The number of nitrogen functional groups attached to an aromatic ring is 1. The SMILES string of the molecule is CC(C)Sc1cc(N)nc(C(C)(C)C)n1. The van der Waals surface area contributed by atoms with Crippen molar-refractivity contribution in [3.8, 4) is 0 Å². The third kappa shape index (κ3) is 3.70. The molecule has 0 saturated carbocycles. The smallest absolute Gasteiger partial charge is 0.137 e. The molecule has 15 heavy (non-hydrogen) atoms. The first kappa shape index (κ1) is 12.3. The lowest BCUT2D eigenvalue weighted by molar-refractivity contribution is 0.539. The monoisotopic (exact) mass is 225 g/mol. The molecule has 0 saturated heterocycles. The lowest BCUT2D eigenvalue weighted by Gasteiger charge is -2.17. The number of nitrogens with zero attached hydrogens (tertiary/aromatic N) is 2. The second-order valence-corrected chi connectivity index (χ2v) is 6.47. The van der Waals surface area contributed by atoms with E-state index in [0.29, 0.717) is 11.1 Å². The van der Waals surface area contributed by atoms with Gasteiger partial charge in [0, 0.05) is 16.7 Å². The van der Waals surface area contributed by atoms with Crippen molar-refractivity contribution in [2.75, 3.05) is 5.73 Å². The highest BCUT2D eigenvalue weighted by Gasteiger charge is 2.18. The van der Waals surface area contributed by atoms with Gasteiger partial charge in [-0.05, 0) is 0 Å². The number of nitrogens with two attached hydrogens (primary N) is 1. The maximum absolute atomic E-state index is 5.77. The van der Waals surface area contributed by atoms with Gasteiger partial charge in [-0.25, -0.2) is 9.97 Å². The average molecular weight is 225 g/mol. The average Bonchev–Trinajstić information content (AvgIpc) is 1.99. The van der Waals surface area contributed by atoms with E-state index >= 15 is 0 Å². The Kier molecular flexibility index (Phi) is 3.60. The summed E-state index contributed by atoms with van der Waals surface area (Å²) < 4.78 is 0. The molecule has 2 N–H and O–H groups in total. The van der Waals surface area contributed by atoms with Crippen LogP contribution in [-0.2, 0) is 5.41 Å². The Morgan fingerprint density at radius 2 is 1.87 bits per heavy atom. The molecule has 0 amide bonds. The summed E-state index contributed by atoms with van der Waals surface area (Å²) in [5, 5.41) is 1.47. The fraction of sp³-hybridized carbons (Fsp3) is 0.636. The number of hydrogen-bond acceptors (Lipinski definition) is 4. The van der Waals surface area contributed by atoms with Crippen LogP contribution >= 0.6 is 11.8 Å². The van der Waals surface area contributed by atoms with Gasteiger partial charge in [0.25, 0.3) is 0 Å². The van der Waals surface area contributed by atoms with Gasteiger partial charge in [0.05, 0.1) is 0 Å². The molecule has 1 rings (SSSR count). The van der Waals surface area contributed by atoms with Gasteiger partial charge in [-0.2, -0.15) is 0 Å². The van der Waals surface area contributed by atoms with E-state index in [9.17, 15) is 0 Å². The highest BCUT2D eigenvalue weighted by atomic mass is 32.2. The highest BCUT2D eigenvalue weighted by Crippen LogP contribution is 2.26. The summed E-state index contributed by atoms with van der Waals surface area (Å²) in [6.45, 7) is 10.5. The van der Waals surface area contributed by atoms with Crippen molar-refractivity contribution in [3.05, 3.63) is 11.9 Å². The van der Waals surface area contributed by atoms with E-state index in [1.165, 1.54) is 0 Å². The van der Waals surface area contributed by atoms with Gasteiger partial charge in [0.15, 0.2) is 0 Å². The van der Waals surface area contributed by atoms with Crippen LogP contribution < -0.4 is 5.73 Å². The standard InChI is InChI=1S/C11H19N3S/c1-7(2)15-9-6-8(12)13-10(14-9)11(3,4)5/h6-7H,1-5H3,(H2,12,13,14). The topological polar surface area (TPSA) is 51.8 Å². The van der Waals surface area contributed by atoms with E-state index in [1.54, 1.807) is 11.8 Å². The Morgan fingerprint density at radius 3 is 2.33 bits per heavy atom. The van der Waals surface area contributed by atoms with Crippen LogP contribution in [0.5, 0.6) is 0 Å². The van der Waals surface area contributed by atoms with Crippen molar-refractivity contribution < 1.29 is 0 Å². The molecule has 3 nitrogen and oxygen atoms in total. The second kappa shape index (κ2) is 4.39. The number of thioether (sulfide) groups is 1. The normalized spacial score (nSPS) is 12.1. The molecule has 0 aromatic carbocycles. The fourth-order valence-electron chi connectivity index (χ4n) is 1.08. The van der Waals surface area contributed by atoms with Crippen LogP contribution in [0.4, 0.5) is 5.82 Å². The lowest BCUT2D eigenvalue weighted by Crippen LogP contribution is -2.17. The van der Waals surface area contributed by atoms with E-state index in [1.807, 2.05) is 6.07 Å². The van der Waals surface area contributed by atoms with Crippen LogP contribution in [0.1, 0.15) is 40.4 Å². The van der Waals surface area contributed by atoms with Crippen LogP contribution in [0.2, 0.25) is 0 Å².